The second-order valence-corrected chi connectivity index (χ2v) is 17.1. The average molecular weight is 715 g/mol. The Kier molecular flexibility index (Phi) is 6.40. The van der Waals surface area contributed by atoms with Gasteiger partial charge in [-0.15, -0.1) is 0 Å². The van der Waals surface area contributed by atoms with Crippen LogP contribution in [0.4, 0.5) is 0 Å². The van der Waals surface area contributed by atoms with Crippen LogP contribution < -0.4 is 0 Å². The quantitative estimate of drug-likeness (QED) is 0.156. The summed E-state index contributed by atoms with van der Waals surface area (Å²) in [7, 11) is 0. The molecule has 0 aromatic heterocycles. The van der Waals surface area contributed by atoms with Crippen LogP contribution in [-0.4, -0.2) is 0 Å². The predicted molar refractivity (Wildman–Crippen MR) is 235 cm³/mol. The van der Waals surface area contributed by atoms with Crippen molar-refractivity contribution in [2.24, 2.45) is 0 Å². The van der Waals surface area contributed by atoms with E-state index in [-0.39, 0.29) is 0 Å². The maximum Gasteiger partial charge on any atom is 0.0720 e. The van der Waals surface area contributed by atoms with E-state index in [2.05, 4.69) is 198 Å². The number of hydrogen-bond donors (Lipinski definition) is 0. The largest absolute Gasteiger partial charge is 0.0720 e. The summed E-state index contributed by atoms with van der Waals surface area (Å²) in [5, 5.41) is 7.87. The summed E-state index contributed by atoms with van der Waals surface area (Å²) in [6.45, 7) is 9.26. The monoisotopic (exact) mass is 714 g/mol. The maximum atomic E-state index is 2.64. The molecule has 0 heteroatoms. The lowest BCUT2D eigenvalue weighted by Gasteiger charge is -2.49. The Morgan fingerprint density at radius 1 is 0.268 bits per heavy atom. The molecule has 2 unspecified atom stereocenters. The fraction of sp³-hybridized carbons (Fsp3) is 0.143. The molecule has 56 heavy (non-hydrogen) atoms. The van der Waals surface area contributed by atoms with Gasteiger partial charge in [-0.3, -0.25) is 0 Å². The molecule has 3 aliphatic carbocycles. The van der Waals surface area contributed by atoms with Crippen LogP contribution in [0.5, 0.6) is 0 Å². The fourth-order valence-electron chi connectivity index (χ4n) is 11.5. The molecule has 12 rings (SSSR count). The molecule has 0 heterocycles. The molecule has 2 atom stereocenters. The molecular weight excluding hydrogens is 673 g/mol. The van der Waals surface area contributed by atoms with E-state index in [1.165, 1.54) is 110 Å². The molecule has 9 aromatic rings. The van der Waals surface area contributed by atoms with Crippen molar-refractivity contribution in [2.75, 3.05) is 0 Å². The molecule has 3 aliphatic rings. The van der Waals surface area contributed by atoms with Gasteiger partial charge >= 0.3 is 0 Å². The Hall–Kier alpha value is -6.24. The minimum atomic E-state index is -0.519. The number of rotatable bonds is 2. The molecule has 0 saturated heterocycles. The summed E-state index contributed by atoms with van der Waals surface area (Å²) in [4.78, 5) is 0. The molecule has 0 N–H and O–H groups in total. The van der Waals surface area contributed by atoms with Gasteiger partial charge in [-0.25, -0.2) is 0 Å². The van der Waals surface area contributed by atoms with Crippen LogP contribution in [0.2, 0.25) is 0 Å². The van der Waals surface area contributed by atoms with Crippen LogP contribution in [-0.2, 0) is 10.8 Å². The highest BCUT2D eigenvalue weighted by Gasteiger charge is 2.59. The van der Waals surface area contributed by atoms with E-state index in [4.69, 9.17) is 0 Å². The molecule has 0 aliphatic heterocycles. The summed E-state index contributed by atoms with van der Waals surface area (Å²) in [6, 6.07) is 66.3. The zero-order valence-corrected chi connectivity index (χ0v) is 32.3. The van der Waals surface area contributed by atoms with Gasteiger partial charge in [0.25, 0.3) is 0 Å². The van der Waals surface area contributed by atoms with Crippen LogP contribution in [0.25, 0.3) is 54.6 Å². The van der Waals surface area contributed by atoms with Gasteiger partial charge in [0.05, 0.1) is 10.8 Å². The van der Waals surface area contributed by atoms with E-state index in [1.807, 2.05) is 0 Å². The Balaban J connectivity index is 1.35. The molecular formula is C56H42. The number of fused-ring (bicyclic) bond motifs is 22. The molecule has 0 saturated carbocycles. The van der Waals surface area contributed by atoms with Crippen LogP contribution in [0.3, 0.4) is 0 Å². The third-order valence-electron chi connectivity index (χ3n) is 13.9. The zero-order chi connectivity index (χ0) is 37.5. The average Bonchev–Trinajstić information content (AvgIpc) is 3.70. The van der Waals surface area contributed by atoms with Gasteiger partial charge in [0.2, 0.25) is 0 Å². The van der Waals surface area contributed by atoms with E-state index in [9.17, 15) is 0 Å². The van der Waals surface area contributed by atoms with Crippen molar-refractivity contribution in [3.05, 3.63) is 225 Å². The predicted octanol–water partition coefficient (Wildman–Crippen LogP) is 14.4. The van der Waals surface area contributed by atoms with Crippen molar-refractivity contribution in [2.45, 2.75) is 50.4 Å². The first-order valence-electron chi connectivity index (χ1n) is 20.4. The second kappa shape index (κ2) is 11.2. The number of hydrogen-bond acceptors (Lipinski definition) is 0. The minimum Gasteiger partial charge on any atom is -0.0619 e. The molecule has 9 aromatic carbocycles. The van der Waals surface area contributed by atoms with Crippen molar-refractivity contribution in [1.29, 1.82) is 0 Å². The molecule has 0 nitrogen and oxygen atoms in total. The highest BCUT2D eigenvalue weighted by atomic mass is 14.6. The van der Waals surface area contributed by atoms with Crippen LogP contribution in [0, 0.1) is 0 Å². The van der Waals surface area contributed by atoms with E-state index in [1.54, 1.807) is 0 Å². The lowest BCUT2D eigenvalue weighted by molar-refractivity contribution is 0.634. The van der Waals surface area contributed by atoms with Gasteiger partial charge in [-0.1, -0.05) is 185 Å². The highest BCUT2D eigenvalue weighted by Crippen LogP contribution is 2.68. The minimum absolute atomic E-state index is 0.434. The molecule has 0 bridgehead atoms. The summed E-state index contributed by atoms with van der Waals surface area (Å²) in [6.07, 6.45) is 0. The lowest BCUT2D eigenvalue weighted by Crippen LogP contribution is -2.43. The van der Waals surface area contributed by atoms with Gasteiger partial charge < -0.3 is 0 Å². The molecule has 0 fully saturated rings. The summed E-state index contributed by atoms with van der Waals surface area (Å²) >= 11 is 0. The van der Waals surface area contributed by atoms with E-state index in [0.717, 1.165) is 0 Å². The zero-order valence-electron chi connectivity index (χ0n) is 32.3. The van der Waals surface area contributed by atoms with Crippen LogP contribution in [0.15, 0.2) is 170 Å². The van der Waals surface area contributed by atoms with Crippen molar-refractivity contribution in [3.63, 3.8) is 0 Å². The van der Waals surface area contributed by atoms with E-state index < -0.39 is 10.8 Å². The third-order valence-corrected chi connectivity index (χ3v) is 13.9. The highest BCUT2D eigenvalue weighted by molar-refractivity contribution is 6.26. The SMILES string of the molecule is CC(C)c1ccc2c(c1)-c1ccccc1C21c2ccccc2C2(c3ccccc3-c3cc(C(C)C)ccc32)c2cc3c4ccccc4c4ccccc4c3cc21. The Morgan fingerprint density at radius 2 is 0.589 bits per heavy atom. The first kappa shape index (κ1) is 32.0. The number of benzene rings is 9. The van der Waals surface area contributed by atoms with Crippen LogP contribution >= 0.6 is 0 Å². The van der Waals surface area contributed by atoms with Crippen molar-refractivity contribution in [1.82, 2.24) is 0 Å². The summed E-state index contributed by atoms with van der Waals surface area (Å²) < 4.78 is 0. The first-order valence-corrected chi connectivity index (χ1v) is 20.4. The van der Waals surface area contributed by atoms with Crippen molar-refractivity contribution < 1.29 is 0 Å². The van der Waals surface area contributed by atoms with Gasteiger partial charge in [0, 0.05) is 0 Å². The first-order chi connectivity index (χ1) is 27.4. The molecule has 0 radical (unpaired) electrons. The Morgan fingerprint density at radius 3 is 0.982 bits per heavy atom. The topological polar surface area (TPSA) is 0 Å². The van der Waals surface area contributed by atoms with Gasteiger partial charge in [0.1, 0.15) is 0 Å². The molecule has 0 amide bonds. The standard InChI is InChI=1S/C56H42/c1-33(2)35-25-27-49-45(29-35)41-19-9-11-21-47(41)55(49)51-23-13-14-24-52(51)56(48-22-12-10-20-42(48)46-30-36(34(3)4)26-28-50(46)56)54-32-44-40-18-8-6-16-38(40)37-15-5-7-17-39(37)43(44)31-53(54)55/h5-34H,1-4H3. The van der Waals surface area contributed by atoms with E-state index in [0.29, 0.717) is 11.8 Å². The van der Waals surface area contributed by atoms with Gasteiger partial charge in [-0.05, 0) is 134 Å². The Labute approximate surface area is 329 Å². The van der Waals surface area contributed by atoms with E-state index >= 15 is 0 Å². The van der Waals surface area contributed by atoms with Gasteiger partial charge in [0.15, 0.2) is 0 Å². The Bertz CT molecular complexity index is 2940. The van der Waals surface area contributed by atoms with Crippen molar-refractivity contribution >= 4 is 32.3 Å². The van der Waals surface area contributed by atoms with Gasteiger partial charge in [-0.2, -0.15) is 0 Å². The second-order valence-electron chi connectivity index (χ2n) is 17.1. The molecule has 2 spiro atoms. The third kappa shape index (κ3) is 3.76. The lowest BCUT2D eigenvalue weighted by atomic mass is 9.52. The normalized spacial score (nSPS) is 18.5. The summed E-state index contributed by atoms with van der Waals surface area (Å²) in [5.74, 6) is 0.869. The summed E-state index contributed by atoms with van der Waals surface area (Å²) in [5.41, 5.74) is 18.2. The van der Waals surface area contributed by atoms with Crippen molar-refractivity contribution in [3.8, 4) is 22.3 Å². The molecule has 266 valence electrons. The van der Waals surface area contributed by atoms with Crippen LogP contribution in [0.1, 0.15) is 95.2 Å². The fourth-order valence-corrected chi connectivity index (χ4v) is 11.5. The smallest absolute Gasteiger partial charge is 0.0619 e. The maximum absolute atomic E-state index is 2.64.